The van der Waals surface area contributed by atoms with Crippen LogP contribution in [0.5, 0.6) is 6.01 Å². The summed E-state index contributed by atoms with van der Waals surface area (Å²) in [6, 6.07) is 0.563. The smallest absolute Gasteiger partial charge is 0.293 e. The molecular weight excluding hydrogens is 130 g/mol. The number of imidazole rings is 1. The molecule has 0 aliphatic heterocycles. The Morgan fingerprint density at radius 2 is 2.60 bits per heavy atom. The summed E-state index contributed by atoms with van der Waals surface area (Å²) < 4.78 is 5.14. The Labute approximate surface area is 59.4 Å². The lowest BCUT2D eigenvalue weighted by Crippen LogP contribution is -2.06. The summed E-state index contributed by atoms with van der Waals surface area (Å²) in [5, 5.41) is 0. The van der Waals surface area contributed by atoms with Gasteiger partial charge in [0.2, 0.25) is 0 Å². The first-order valence-corrected chi connectivity index (χ1v) is 3.25. The van der Waals surface area contributed by atoms with Gasteiger partial charge >= 0.3 is 0 Å². The van der Waals surface area contributed by atoms with Crippen LogP contribution < -0.4 is 10.5 Å². The van der Waals surface area contributed by atoms with Gasteiger partial charge < -0.3 is 15.5 Å². The molecule has 56 valence electrons. The Kier molecular flexibility index (Phi) is 2.76. The molecular formula is C6H11N3O. The predicted molar refractivity (Wildman–Crippen MR) is 37.8 cm³/mol. The molecule has 0 aliphatic rings. The van der Waals surface area contributed by atoms with Crippen molar-refractivity contribution in [3.63, 3.8) is 0 Å². The molecule has 10 heavy (non-hydrogen) atoms. The molecule has 1 aromatic rings. The van der Waals surface area contributed by atoms with Gasteiger partial charge in [-0.05, 0) is 13.0 Å². The lowest BCUT2D eigenvalue weighted by molar-refractivity contribution is 0.292. The van der Waals surface area contributed by atoms with Gasteiger partial charge in [-0.25, -0.2) is 4.98 Å². The highest BCUT2D eigenvalue weighted by Gasteiger charge is 1.91. The molecule has 0 radical (unpaired) electrons. The van der Waals surface area contributed by atoms with Gasteiger partial charge in [0.05, 0.1) is 6.61 Å². The maximum Gasteiger partial charge on any atom is 0.293 e. The zero-order valence-corrected chi connectivity index (χ0v) is 5.71. The Hall–Kier alpha value is -1.03. The van der Waals surface area contributed by atoms with Crippen molar-refractivity contribution in [3.05, 3.63) is 12.4 Å². The van der Waals surface area contributed by atoms with Gasteiger partial charge in [0.1, 0.15) is 0 Å². The quantitative estimate of drug-likeness (QED) is 0.586. The van der Waals surface area contributed by atoms with E-state index in [0.29, 0.717) is 19.2 Å². The Morgan fingerprint density at radius 1 is 1.70 bits per heavy atom. The molecule has 0 fully saturated rings. The van der Waals surface area contributed by atoms with Crippen molar-refractivity contribution in [1.29, 1.82) is 0 Å². The number of aromatic amines is 1. The first kappa shape index (κ1) is 7.08. The average Bonchev–Trinajstić information content (AvgIpc) is 2.41. The average molecular weight is 141 g/mol. The number of nitrogens with two attached hydrogens (primary N) is 1. The van der Waals surface area contributed by atoms with Crippen LogP contribution in [0, 0.1) is 0 Å². The Morgan fingerprint density at radius 3 is 3.20 bits per heavy atom. The molecule has 0 saturated heterocycles. The van der Waals surface area contributed by atoms with E-state index in [1.807, 2.05) is 0 Å². The van der Waals surface area contributed by atoms with Crippen LogP contribution in [0.1, 0.15) is 6.42 Å². The van der Waals surface area contributed by atoms with E-state index in [2.05, 4.69) is 9.97 Å². The highest BCUT2D eigenvalue weighted by atomic mass is 16.5. The van der Waals surface area contributed by atoms with E-state index < -0.39 is 0 Å². The van der Waals surface area contributed by atoms with Crippen LogP contribution in [-0.2, 0) is 0 Å². The van der Waals surface area contributed by atoms with E-state index >= 15 is 0 Å². The maximum absolute atomic E-state index is 5.26. The third-order valence-corrected chi connectivity index (χ3v) is 1.06. The van der Waals surface area contributed by atoms with Crippen molar-refractivity contribution in [2.75, 3.05) is 13.2 Å². The normalized spacial score (nSPS) is 9.70. The molecule has 0 spiro atoms. The van der Waals surface area contributed by atoms with Crippen molar-refractivity contribution >= 4 is 0 Å². The molecule has 1 heterocycles. The molecule has 1 aromatic heterocycles. The summed E-state index contributed by atoms with van der Waals surface area (Å²) in [4.78, 5) is 6.69. The Bertz CT molecular complexity index is 162. The number of rotatable bonds is 4. The molecule has 0 aromatic carbocycles. The number of hydrogen-bond donors (Lipinski definition) is 2. The fourth-order valence-electron chi connectivity index (χ4n) is 0.582. The molecule has 3 N–H and O–H groups in total. The summed E-state index contributed by atoms with van der Waals surface area (Å²) in [6.07, 6.45) is 4.23. The minimum Gasteiger partial charge on any atom is -0.465 e. The second-order valence-corrected chi connectivity index (χ2v) is 1.89. The molecule has 4 nitrogen and oxygen atoms in total. The number of aromatic nitrogens is 2. The van der Waals surface area contributed by atoms with Crippen LogP contribution in [0.25, 0.3) is 0 Å². The van der Waals surface area contributed by atoms with Gasteiger partial charge in [-0.15, -0.1) is 0 Å². The SMILES string of the molecule is NCCCOc1ncc[nH]1. The molecule has 0 amide bonds. The minimum absolute atomic E-state index is 0.563. The molecule has 4 heteroatoms. The summed E-state index contributed by atoms with van der Waals surface area (Å²) in [6.45, 7) is 1.28. The van der Waals surface area contributed by atoms with Crippen molar-refractivity contribution in [2.45, 2.75) is 6.42 Å². The number of nitrogens with one attached hydrogen (secondary N) is 1. The molecule has 1 rings (SSSR count). The van der Waals surface area contributed by atoms with Gasteiger partial charge in [0.25, 0.3) is 6.01 Å². The van der Waals surface area contributed by atoms with Crippen molar-refractivity contribution < 1.29 is 4.74 Å². The number of nitrogens with zero attached hydrogens (tertiary/aromatic N) is 1. The maximum atomic E-state index is 5.26. The van der Waals surface area contributed by atoms with Gasteiger partial charge in [-0.3, -0.25) is 0 Å². The van der Waals surface area contributed by atoms with E-state index in [-0.39, 0.29) is 0 Å². The number of ether oxygens (including phenoxy) is 1. The Balaban J connectivity index is 2.15. The largest absolute Gasteiger partial charge is 0.465 e. The number of hydrogen-bond acceptors (Lipinski definition) is 3. The van der Waals surface area contributed by atoms with E-state index in [4.69, 9.17) is 10.5 Å². The monoisotopic (exact) mass is 141 g/mol. The van der Waals surface area contributed by atoms with Crippen molar-refractivity contribution in [3.8, 4) is 6.01 Å². The first-order chi connectivity index (χ1) is 4.93. The fourth-order valence-corrected chi connectivity index (χ4v) is 0.582. The molecule has 0 bridgehead atoms. The van der Waals surface area contributed by atoms with Crippen molar-refractivity contribution in [2.24, 2.45) is 5.73 Å². The second kappa shape index (κ2) is 3.90. The summed E-state index contributed by atoms with van der Waals surface area (Å²) >= 11 is 0. The van der Waals surface area contributed by atoms with E-state index in [1.54, 1.807) is 12.4 Å². The van der Waals surface area contributed by atoms with E-state index in [9.17, 15) is 0 Å². The van der Waals surface area contributed by atoms with E-state index in [1.165, 1.54) is 0 Å². The molecule has 0 saturated carbocycles. The molecule has 0 atom stereocenters. The topological polar surface area (TPSA) is 63.9 Å². The number of H-pyrrole nitrogens is 1. The van der Waals surface area contributed by atoms with Crippen LogP contribution in [0.4, 0.5) is 0 Å². The third kappa shape index (κ3) is 2.06. The second-order valence-electron chi connectivity index (χ2n) is 1.89. The lowest BCUT2D eigenvalue weighted by atomic mass is 10.5. The zero-order valence-electron chi connectivity index (χ0n) is 5.71. The van der Waals surface area contributed by atoms with Gasteiger partial charge in [-0.1, -0.05) is 0 Å². The summed E-state index contributed by atoms with van der Waals surface area (Å²) in [5.74, 6) is 0. The third-order valence-electron chi connectivity index (χ3n) is 1.06. The van der Waals surface area contributed by atoms with Gasteiger partial charge in [-0.2, -0.15) is 0 Å². The van der Waals surface area contributed by atoms with E-state index in [0.717, 1.165) is 6.42 Å². The summed E-state index contributed by atoms with van der Waals surface area (Å²) in [7, 11) is 0. The zero-order chi connectivity index (χ0) is 7.23. The van der Waals surface area contributed by atoms with Crippen LogP contribution in [0.2, 0.25) is 0 Å². The predicted octanol–water partition coefficient (Wildman–Crippen LogP) is 0.137. The molecule has 0 aliphatic carbocycles. The lowest BCUT2D eigenvalue weighted by Gasteiger charge is -1.98. The van der Waals surface area contributed by atoms with Crippen LogP contribution >= 0.6 is 0 Å². The van der Waals surface area contributed by atoms with Crippen LogP contribution in [-0.4, -0.2) is 23.1 Å². The highest BCUT2D eigenvalue weighted by Crippen LogP contribution is 1.97. The first-order valence-electron chi connectivity index (χ1n) is 3.25. The van der Waals surface area contributed by atoms with Crippen LogP contribution in [0.15, 0.2) is 12.4 Å². The standard InChI is InChI=1S/C6H11N3O/c7-2-1-5-10-6-8-3-4-9-6/h3-4H,1-2,5,7H2,(H,8,9). The van der Waals surface area contributed by atoms with Gasteiger partial charge in [0.15, 0.2) is 0 Å². The van der Waals surface area contributed by atoms with Crippen molar-refractivity contribution in [1.82, 2.24) is 9.97 Å². The fraction of sp³-hybridized carbons (Fsp3) is 0.500. The van der Waals surface area contributed by atoms with Gasteiger partial charge in [0, 0.05) is 12.4 Å². The van der Waals surface area contributed by atoms with Crippen LogP contribution in [0.3, 0.4) is 0 Å². The molecule has 0 unspecified atom stereocenters. The highest BCUT2D eigenvalue weighted by molar-refractivity contribution is 4.91. The summed E-state index contributed by atoms with van der Waals surface area (Å²) in [5.41, 5.74) is 5.26. The minimum atomic E-state index is 0.563.